The van der Waals surface area contributed by atoms with Gasteiger partial charge in [0.05, 0.1) is 6.61 Å². The molecule has 0 atom stereocenters. The molecule has 0 aliphatic carbocycles. The molecule has 2 rings (SSSR count). The lowest BCUT2D eigenvalue weighted by atomic mass is 10.2. The quantitative estimate of drug-likeness (QED) is 0.775. The highest BCUT2D eigenvalue weighted by atomic mass is 35.5. The van der Waals surface area contributed by atoms with Gasteiger partial charge in [-0.15, -0.1) is 0 Å². The minimum Gasteiger partial charge on any atom is -0.383 e. The molecule has 1 aliphatic heterocycles. The Labute approximate surface area is 126 Å². The minimum atomic E-state index is 0.780. The SMILES string of the molecule is COCCNCCN1CCN(c2cccc(Cl)c2)CC1. The summed E-state index contributed by atoms with van der Waals surface area (Å²) in [6, 6.07) is 8.12. The second-order valence-electron chi connectivity index (χ2n) is 5.05. The maximum Gasteiger partial charge on any atom is 0.0587 e. The van der Waals surface area contributed by atoms with Crippen molar-refractivity contribution < 1.29 is 4.74 Å². The summed E-state index contributed by atoms with van der Waals surface area (Å²) in [4.78, 5) is 4.90. The van der Waals surface area contributed by atoms with Crippen molar-refractivity contribution in [1.29, 1.82) is 0 Å². The molecule has 0 unspecified atom stereocenters. The first-order chi connectivity index (χ1) is 9.79. The second kappa shape index (κ2) is 8.47. The number of hydrogen-bond acceptors (Lipinski definition) is 4. The number of halogens is 1. The predicted molar refractivity (Wildman–Crippen MR) is 84.9 cm³/mol. The molecule has 112 valence electrons. The molecular formula is C15H24ClN3O. The summed E-state index contributed by atoms with van der Waals surface area (Å²) in [7, 11) is 1.73. The summed E-state index contributed by atoms with van der Waals surface area (Å²) >= 11 is 6.05. The van der Waals surface area contributed by atoms with Crippen molar-refractivity contribution in [3.63, 3.8) is 0 Å². The van der Waals surface area contributed by atoms with E-state index in [0.717, 1.165) is 57.4 Å². The highest BCUT2D eigenvalue weighted by Crippen LogP contribution is 2.20. The fraction of sp³-hybridized carbons (Fsp3) is 0.600. The Balaban J connectivity index is 1.67. The second-order valence-corrected chi connectivity index (χ2v) is 5.49. The smallest absolute Gasteiger partial charge is 0.0587 e. The summed E-state index contributed by atoms with van der Waals surface area (Å²) in [5.74, 6) is 0. The van der Waals surface area contributed by atoms with Crippen LogP contribution in [0.5, 0.6) is 0 Å². The largest absolute Gasteiger partial charge is 0.383 e. The van der Waals surface area contributed by atoms with Crippen LogP contribution in [0.3, 0.4) is 0 Å². The van der Waals surface area contributed by atoms with Gasteiger partial charge in [-0.3, -0.25) is 4.90 Å². The molecule has 1 aliphatic rings. The van der Waals surface area contributed by atoms with Gasteiger partial charge >= 0.3 is 0 Å². The van der Waals surface area contributed by atoms with Gasteiger partial charge in [-0.05, 0) is 18.2 Å². The number of benzene rings is 1. The molecule has 4 nitrogen and oxygen atoms in total. The van der Waals surface area contributed by atoms with Crippen LogP contribution in [0.4, 0.5) is 5.69 Å². The molecule has 1 aromatic rings. The number of hydrogen-bond donors (Lipinski definition) is 1. The van der Waals surface area contributed by atoms with Crippen molar-refractivity contribution in [3.05, 3.63) is 29.3 Å². The first-order valence-electron chi connectivity index (χ1n) is 7.22. The molecule has 1 saturated heterocycles. The number of nitrogens with zero attached hydrogens (tertiary/aromatic N) is 2. The van der Waals surface area contributed by atoms with Crippen LogP contribution in [-0.2, 0) is 4.74 Å². The fourth-order valence-corrected chi connectivity index (χ4v) is 2.62. The van der Waals surface area contributed by atoms with Crippen LogP contribution in [0.2, 0.25) is 5.02 Å². The Morgan fingerprint density at radius 1 is 1.20 bits per heavy atom. The van der Waals surface area contributed by atoms with Gasteiger partial charge in [0.2, 0.25) is 0 Å². The zero-order chi connectivity index (χ0) is 14.2. The van der Waals surface area contributed by atoms with Crippen LogP contribution < -0.4 is 10.2 Å². The Bertz CT molecular complexity index is 394. The Kier molecular flexibility index (Phi) is 6.60. The molecule has 0 radical (unpaired) electrons. The summed E-state index contributed by atoms with van der Waals surface area (Å²) in [6.45, 7) is 8.20. The van der Waals surface area contributed by atoms with E-state index >= 15 is 0 Å². The molecule has 1 heterocycles. The van der Waals surface area contributed by atoms with E-state index in [1.165, 1.54) is 5.69 Å². The van der Waals surface area contributed by atoms with Gasteiger partial charge in [0.15, 0.2) is 0 Å². The highest BCUT2D eigenvalue weighted by molar-refractivity contribution is 6.30. The summed E-state index contributed by atoms with van der Waals surface area (Å²) < 4.78 is 5.01. The highest BCUT2D eigenvalue weighted by Gasteiger charge is 2.16. The summed E-state index contributed by atoms with van der Waals surface area (Å²) in [6.07, 6.45) is 0. The van der Waals surface area contributed by atoms with Gasteiger partial charge in [0.25, 0.3) is 0 Å². The molecule has 0 amide bonds. The zero-order valence-corrected chi connectivity index (χ0v) is 12.9. The third-order valence-electron chi connectivity index (χ3n) is 3.63. The number of methoxy groups -OCH3 is 1. The van der Waals surface area contributed by atoms with E-state index in [0.29, 0.717) is 0 Å². The van der Waals surface area contributed by atoms with E-state index in [2.05, 4.69) is 21.2 Å². The van der Waals surface area contributed by atoms with Gasteiger partial charge in [-0.25, -0.2) is 0 Å². The third kappa shape index (κ3) is 4.94. The molecule has 0 aromatic heterocycles. The van der Waals surface area contributed by atoms with Crippen molar-refractivity contribution in [1.82, 2.24) is 10.2 Å². The topological polar surface area (TPSA) is 27.7 Å². The first kappa shape index (κ1) is 15.6. The Morgan fingerprint density at radius 2 is 2.00 bits per heavy atom. The van der Waals surface area contributed by atoms with Crippen molar-refractivity contribution in [2.75, 3.05) is 64.4 Å². The number of anilines is 1. The van der Waals surface area contributed by atoms with E-state index in [1.807, 2.05) is 18.2 Å². The average Bonchev–Trinajstić information content (AvgIpc) is 2.48. The maximum absolute atomic E-state index is 6.05. The molecule has 20 heavy (non-hydrogen) atoms. The first-order valence-corrected chi connectivity index (χ1v) is 7.60. The Hall–Kier alpha value is -0.810. The molecule has 1 N–H and O–H groups in total. The van der Waals surface area contributed by atoms with Gasteiger partial charge in [0.1, 0.15) is 0 Å². The predicted octanol–water partition coefficient (Wildman–Crippen LogP) is 1.70. The molecule has 0 saturated carbocycles. The van der Waals surface area contributed by atoms with E-state index in [-0.39, 0.29) is 0 Å². The normalized spacial score (nSPS) is 16.6. The average molecular weight is 298 g/mol. The molecule has 0 bridgehead atoms. The van der Waals surface area contributed by atoms with Crippen molar-refractivity contribution in [2.24, 2.45) is 0 Å². The maximum atomic E-state index is 6.05. The third-order valence-corrected chi connectivity index (χ3v) is 3.87. The fourth-order valence-electron chi connectivity index (χ4n) is 2.44. The van der Waals surface area contributed by atoms with Gasteiger partial charge in [-0.1, -0.05) is 17.7 Å². The standard InChI is InChI=1S/C15H24ClN3O/c1-20-12-6-17-5-7-18-8-10-19(11-9-18)15-4-2-3-14(16)13-15/h2-4,13,17H,5-12H2,1H3. The van der Waals surface area contributed by atoms with E-state index in [9.17, 15) is 0 Å². The minimum absolute atomic E-state index is 0.780. The van der Waals surface area contributed by atoms with Gasteiger partial charge in [-0.2, -0.15) is 0 Å². The van der Waals surface area contributed by atoms with Gasteiger partial charge < -0.3 is 15.0 Å². The molecule has 5 heteroatoms. The number of piperazine rings is 1. The van der Waals surface area contributed by atoms with Crippen molar-refractivity contribution >= 4 is 17.3 Å². The van der Waals surface area contributed by atoms with E-state index < -0.39 is 0 Å². The molecule has 0 spiro atoms. The summed E-state index contributed by atoms with van der Waals surface area (Å²) in [5, 5.41) is 4.20. The number of rotatable bonds is 7. The van der Waals surface area contributed by atoms with Gasteiger partial charge in [0, 0.05) is 63.6 Å². The van der Waals surface area contributed by atoms with Crippen molar-refractivity contribution in [3.8, 4) is 0 Å². The van der Waals surface area contributed by atoms with E-state index in [4.69, 9.17) is 16.3 Å². The summed E-state index contributed by atoms with van der Waals surface area (Å²) in [5.41, 5.74) is 1.23. The lowest BCUT2D eigenvalue weighted by Crippen LogP contribution is -2.48. The van der Waals surface area contributed by atoms with Crippen molar-refractivity contribution in [2.45, 2.75) is 0 Å². The monoisotopic (exact) mass is 297 g/mol. The van der Waals surface area contributed by atoms with Crippen LogP contribution in [0.25, 0.3) is 0 Å². The lowest BCUT2D eigenvalue weighted by molar-refractivity contribution is 0.195. The number of nitrogens with one attached hydrogen (secondary N) is 1. The lowest BCUT2D eigenvalue weighted by Gasteiger charge is -2.36. The van der Waals surface area contributed by atoms with Crippen LogP contribution in [0.1, 0.15) is 0 Å². The van der Waals surface area contributed by atoms with Crippen LogP contribution in [0, 0.1) is 0 Å². The van der Waals surface area contributed by atoms with Crippen LogP contribution in [-0.4, -0.2) is 64.4 Å². The molecular weight excluding hydrogens is 274 g/mol. The molecule has 1 aromatic carbocycles. The molecule has 1 fully saturated rings. The van der Waals surface area contributed by atoms with E-state index in [1.54, 1.807) is 7.11 Å². The number of ether oxygens (including phenoxy) is 1. The van der Waals surface area contributed by atoms with Crippen LogP contribution >= 0.6 is 11.6 Å². The Morgan fingerprint density at radius 3 is 2.70 bits per heavy atom. The van der Waals surface area contributed by atoms with Crippen LogP contribution in [0.15, 0.2) is 24.3 Å². The zero-order valence-electron chi connectivity index (χ0n) is 12.1.